The Morgan fingerprint density at radius 3 is 2.57 bits per heavy atom. The van der Waals surface area contributed by atoms with Crippen LogP contribution in [0.2, 0.25) is 0 Å². The first-order valence-corrected chi connectivity index (χ1v) is 8.26. The molecular weight excluding hydrogens is 320 g/mol. The SMILES string of the molecule is CCCn1c(SCCC(=O)OC)nc2c1c(=O)n(C)c(=O)n2C. The van der Waals surface area contributed by atoms with Gasteiger partial charge in [-0.05, 0) is 6.42 Å². The van der Waals surface area contributed by atoms with E-state index >= 15 is 0 Å². The summed E-state index contributed by atoms with van der Waals surface area (Å²) >= 11 is 1.37. The molecule has 0 saturated heterocycles. The number of imidazole rings is 1. The van der Waals surface area contributed by atoms with Gasteiger partial charge in [-0.15, -0.1) is 0 Å². The molecule has 8 nitrogen and oxygen atoms in total. The molecule has 0 aliphatic carbocycles. The molecule has 0 unspecified atom stereocenters. The minimum absolute atomic E-state index is 0.257. The Hall–Kier alpha value is -2.03. The molecule has 9 heteroatoms. The number of aryl methyl sites for hydroxylation is 2. The lowest BCUT2D eigenvalue weighted by molar-refractivity contribution is -0.140. The van der Waals surface area contributed by atoms with E-state index in [2.05, 4.69) is 9.72 Å². The first kappa shape index (κ1) is 17.3. The summed E-state index contributed by atoms with van der Waals surface area (Å²) < 4.78 is 8.89. The van der Waals surface area contributed by atoms with E-state index in [1.54, 1.807) is 7.05 Å². The highest BCUT2D eigenvalue weighted by Gasteiger charge is 2.19. The van der Waals surface area contributed by atoms with Crippen LogP contribution in [0.3, 0.4) is 0 Å². The minimum atomic E-state index is -0.408. The number of hydrogen-bond acceptors (Lipinski definition) is 6. The molecule has 0 aliphatic heterocycles. The van der Waals surface area contributed by atoms with Gasteiger partial charge in [-0.3, -0.25) is 18.7 Å². The van der Waals surface area contributed by atoms with E-state index in [0.29, 0.717) is 28.6 Å². The Balaban J connectivity index is 2.53. The van der Waals surface area contributed by atoms with Gasteiger partial charge in [-0.25, -0.2) is 9.78 Å². The van der Waals surface area contributed by atoms with Crippen molar-refractivity contribution in [2.24, 2.45) is 14.1 Å². The summed E-state index contributed by atoms with van der Waals surface area (Å²) in [5.41, 5.74) is 0.0164. The molecule has 0 radical (unpaired) electrons. The number of carbonyl (C=O) groups is 1. The zero-order chi connectivity index (χ0) is 17.1. The largest absolute Gasteiger partial charge is 0.469 e. The summed E-state index contributed by atoms with van der Waals surface area (Å²) in [6.07, 6.45) is 1.08. The van der Waals surface area contributed by atoms with Crippen molar-refractivity contribution in [2.75, 3.05) is 12.9 Å². The van der Waals surface area contributed by atoms with E-state index in [1.165, 1.54) is 30.5 Å². The minimum Gasteiger partial charge on any atom is -0.469 e. The van der Waals surface area contributed by atoms with Crippen LogP contribution in [0.5, 0.6) is 0 Å². The van der Waals surface area contributed by atoms with Crippen molar-refractivity contribution < 1.29 is 9.53 Å². The molecule has 23 heavy (non-hydrogen) atoms. The molecule has 126 valence electrons. The molecule has 2 rings (SSSR count). The molecular formula is C14H20N4O4S. The summed E-state index contributed by atoms with van der Waals surface area (Å²) in [4.78, 5) is 40.1. The monoisotopic (exact) mass is 340 g/mol. The van der Waals surface area contributed by atoms with Crippen LogP contribution in [0.25, 0.3) is 11.2 Å². The summed E-state index contributed by atoms with van der Waals surface area (Å²) in [5, 5.41) is 0.629. The second-order valence-electron chi connectivity index (χ2n) is 5.10. The molecule has 0 amide bonds. The third-order valence-electron chi connectivity index (χ3n) is 3.53. The summed E-state index contributed by atoms with van der Waals surface area (Å²) in [5.74, 6) is 0.201. The van der Waals surface area contributed by atoms with Gasteiger partial charge in [-0.2, -0.15) is 0 Å². The van der Waals surface area contributed by atoms with Crippen molar-refractivity contribution in [3.63, 3.8) is 0 Å². The zero-order valence-corrected chi connectivity index (χ0v) is 14.5. The number of esters is 1. The highest BCUT2D eigenvalue weighted by atomic mass is 32.2. The van der Waals surface area contributed by atoms with Crippen molar-refractivity contribution in [1.82, 2.24) is 18.7 Å². The lowest BCUT2D eigenvalue weighted by atomic mass is 10.4. The van der Waals surface area contributed by atoms with Crippen LogP contribution in [0.15, 0.2) is 14.7 Å². The molecule has 0 saturated carbocycles. The maximum Gasteiger partial charge on any atom is 0.332 e. The third-order valence-corrected chi connectivity index (χ3v) is 4.50. The molecule has 0 N–H and O–H groups in total. The number of methoxy groups -OCH3 is 1. The van der Waals surface area contributed by atoms with Gasteiger partial charge in [0.05, 0.1) is 13.5 Å². The topological polar surface area (TPSA) is 88.1 Å². The second kappa shape index (κ2) is 7.03. The van der Waals surface area contributed by atoms with Crippen molar-refractivity contribution in [3.05, 3.63) is 20.8 Å². The number of thioether (sulfide) groups is 1. The Morgan fingerprint density at radius 1 is 1.26 bits per heavy atom. The smallest absolute Gasteiger partial charge is 0.332 e. The summed E-state index contributed by atoms with van der Waals surface area (Å²) in [7, 11) is 4.40. The Labute approximate surface area is 137 Å². The first-order chi connectivity index (χ1) is 10.9. The van der Waals surface area contributed by atoms with Crippen molar-refractivity contribution >= 4 is 28.9 Å². The number of aromatic nitrogens is 4. The fourth-order valence-corrected chi connectivity index (χ4v) is 3.24. The van der Waals surface area contributed by atoms with Crippen LogP contribution in [-0.4, -0.2) is 37.5 Å². The first-order valence-electron chi connectivity index (χ1n) is 7.28. The van der Waals surface area contributed by atoms with Crippen LogP contribution < -0.4 is 11.2 Å². The van der Waals surface area contributed by atoms with Crippen LogP contribution in [0, 0.1) is 0 Å². The predicted molar refractivity (Wildman–Crippen MR) is 87.9 cm³/mol. The van der Waals surface area contributed by atoms with Crippen LogP contribution >= 0.6 is 11.8 Å². The Morgan fingerprint density at radius 2 is 1.96 bits per heavy atom. The van der Waals surface area contributed by atoms with Crippen LogP contribution in [-0.2, 0) is 30.2 Å². The maximum atomic E-state index is 12.4. The van der Waals surface area contributed by atoms with E-state index in [4.69, 9.17) is 0 Å². The van der Waals surface area contributed by atoms with Gasteiger partial charge in [0.15, 0.2) is 16.3 Å². The summed E-state index contributed by atoms with van der Waals surface area (Å²) in [6, 6.07) is 0. The maximum absolute atomic E-state index is 12.4. The van der Waals surface area contributed by atoms with E-state index in [9.17, 15) is 14.4 Å². The predicted octanol–water partition coefficient (Wildman–Crippen LogP) is 0.499. The van der Waals surface area contributed by atoms with Crippen LogP contribution in [0.4, 0.5) is 0 Å². The zero-order valence-electron chi connectivity index (χ0n) is 13.7. The van der Waals surface area contributed by atoms with E-state index in [1.807, 2.05) is 11.5 Å². The number of rotatable bonds is 6. The number of carbonyl (C=O) groups excluding carboxylic acids is 1. The Bertz CT molecular complexity index is 849. The number of fused-ring (bicyclic) bond motifs is 1. The normalized spacial score (nSPS) is 11.1. The fraction of sp³-hybridized carbons (Fsp3) is 0.571. The molecule has 0 fully saturated rings. The number of nitrogens with zero attached hydrogens (tertiary/aromatic N) is 4. The van der Waals surface area contributed by atoms with Gasteiger partial charge in [0.2, 0.25) is 0 Å². The van der Waals surface area contributed by atoms with Gasteiger partial charge >= 0.3 is 11.7 Å². The van der Waals surface area contributed by atoms with Gasteiger partial charge in [0.25, 0.3) is 5.56 Å². The molecule has 2 aromatic rings. The molecule has 2 aromatic heterocycles. The van der Waals surface area contributed by atoms with Crippen molar-refractivity contribution in [1.29, 1.82) is 0 Å². The lowest BCUT2D eigenvalue weighted by Crippen LogP contribution is -2.37. The average molecular weight is 340 g/mol. The number of ether oxygens (including phenoxy) is 1. The third kappa shape index (κ3) is 3.19. The lowest BCUT2D eigenvalue weighted by Gasteiger charge is -2.07. The van der Waals surface area contributed by atoms with Crippen molar-refractivity contribution in [2.45, 2.75) is 31.5 Å². The summed E-state index contributed by atoms with van der Waals surface area (Å²) in [6.45, 7) is 2.62. The molecule has 0 spiro atoms. The van der Waals surface area contributed by atoms with E-state index in [0.717, 1.165) is 11.0 Å². The van der Waals surface area contributed by atoms with Crippen LogP contribution in [0.1, 0.15) is 19.8 Å². The van der Waals surface area contributed by atoms with Gasteiger partial charge in [0, 0.05) is 26.4 Å². The van der Waals surface area contributed by atoms with Crippen molar-refractivity contribution in [3.8, 4) is 0 Å². The molecule has 0 aliphatic rings. The standard InChI is InChI=1S/C14H20N4O4S/c1-5-7-18-10-11(16(2)14(21)17(3)12(10)20)15-13(18)23-8-6-9(19)22-4/h5-8H2,1-4H3. The molecule has 0 aromatic carbocycles. The highest BCUT2D eigenvalue weighted by molar-refractivity contribution is 7.99. The van der Waals surface area contributed by atoms with E-state index in [-0.39, 0.29) is 17.9 Å². The fourth-order valence-electron chi connectivity index (χ4n) is 2.30. The Kier molecular flexibility index (Phi) is 5.30. The molecule has 2 heterocycles. The molecule has 0 atom stereocenters. The average Bonchev–Trinajstić information content (AvgIpc) is 2.90. The van der Waals surface area contributed by atoms with Gasteiger partial charge in [-0.1, -0.05) is 18.7 Å². The van der Waals surface area contributed by atoms with Gasteiger partial charge in [0.1, 0.15) is 0 Å². The van der Waals surface area contributed by atoms with Gasteiger partial charge < -0.3 is 9.30 Å². The highest BCUT2D eigenvalue weighted by Crippen LogP contribution is 2.22. The second-order valence-corrected chi connectivity index (χ2v) is 6.16. The quantitative estimate of drug-likeness (QED) is 0.562. The molecule has 0 bridgehead atoms. The van der Waals surface area contributed by atoms with E-state index < -0.39 is 5.69 Å². The number of hydrogen-bond donors (Lipinski definition) is 0.